The van der Waals surface area contributed by atoms with Gasteiger partial charge in [0.05, 0.1) is 11.3 Å². The third-order valence-corrected chi connectivity index (χ3v) is 2.78. The summed E-state index contributed by atoms with van der Waals surface area (Å²) in [5, 5.41) is 14.5. The van der Waals surface area contributed by atoms with Crippen LogP contribution in [0.4, 0.5) is 5.82 Å². The van der Waals surface area contributed by atoms with Crippen molar-refractivity contribution in [3.8, 4) is 11.3 Å². The summed E-state index contributed by atoms with van der Waals surface area (Å²) < 4.78 is 1.62. The highest BCUT2D eigenvalue weighted by molar-refractivity contribution is 5.67. The Morgan fingerprint density at radius 1 is 1.29 bits per heavy atom. The van der Waals surface area contributed by atoms with Crippen molar-refractivity contribution in [1.29, 1.82) is 0 Å². The van der Waals surface area contributed by atoms with E-state index in [1.807, 2.05) is 30.3 Å². The van der Waals surface area contributed by atoms with E-state index in [0.29, 0.717) is 5.82 Å². The number of benzene rings is 1. The number of nitrogens with zero attached hydrogens (tertiary/aromatic N) is 2. The van der Waals surface area contributed by atoms with Crippen LogP contribution in [0.3, 0.4) is 0 Å². The SMILES string of the molecule is Cn1nc(-c2ccccc2C(C)(C)O)cc1N. The van der Waals surface area contributed by atoms with Crippen molar-refractivity contribution >= 4 is 5.82 Å². The molecule has 1 aromatic carbocycles. The molecule has 4 nitrogen and oxygen atoms in total. The highest BCUT2D eigenvalue weighted by atomic mass is 16.3. The van der Waals surface area contributed by atoms with Gasteiger partial charge in [-0.05, 0) is 19.4 Å². The third-order valence-electron chi connectivity index (χ3n) is 2.78. The first kappa shape index (κ1) is 11.7. The highest BCUT2D eigenvalue weighted by Gasteiger charge is 2.21. The molecule has 0 radical (unpaired) electrons. The smallest absolute Gasteiger partial charge is 0.121 e. The number of nitrogens with two attached hydrogens (primary N) is 1. The number of aryl methyl sites for hydroxylation is 1. The van der Waals surface area contributed by atoms with Crippen LogP contribution in [0.5, 0.6) is 0 Å². The Balaban J connectivity index is 2.60. The largest absolute Gasteiger partial charge is 0.386 e. The Hall–Kier alpha value is -1.81. The monoisotopic (exact) mass is 231 g/mol. The summed E-state index contributed by atoms with van der Waals surface area (Å²) in [6.07, 6.45) is 0. The average molecular weight is 231 g/mol. The summed E-state index contributed by atoms with van der Waals surface area (Å²) in [6, 6.07) is 9.48. The molecule has 1 aromatic heterocycles. The van der Waals surface area contributed by atoms with Crippen LogP contribution < -0.4 is 5.73 Å². The minimum Gasteiger partial charge on any atom is -0.386 e. The van der Waals surface area contributed by atoms with Crippen LogP contribution in [0.25, 0.3) is 11.3 Å². The molecule has 0 aliphatic carbocycles. The second-order valence-corrected chi connectivity index (χ2v) is 4.68. The van der Waals surface area contributed by atoms with Gasteiger partial charge in [-0.3, -0.25) is 4.68 Å². The zero-order chi connectivity index (χ0) is 12.6. The lowest BCUT2D eigenvalue weighted by atomic mass is 9.92. The Bertz CT molecular complexity index is 518. The molecule has 0 saturated heterocycles. The van der Waals surface area contributed by atoms with Gasteiger partial charge in [0, 0.05) is 18.7 Å². The van der Waals surface area contributed by atoms with E-state index in [4.69, 9.17) is 5.73 Å². The van der Waals surface area contributed by atoms with E-state index < -0.39 is 5.60 Å². The van der Waals surface area contributed by atoms with Crippen molar-refractivity contribution in [2.24, 2.45) is 7.05 Å². The van der Waals surface area contributed by atoms with Crippen molar-refractivity contribution in [2.75, 3.05) is 5.73 Å². The summed E-state index contributed by atoms with van der Waals surface area (Å²) >= 11 is 0. The van der Waals surface area contributed by atoms with Gasteiger partial charge in [-0.15, -0.1) is 0 Å². The molecule has 2 rings (SSSR count). The van der Waals surface area contributed by atoms with Gasteiger partial charge in [0.25, 0.3) is 0 Å². The van der Waals surface area contributed by atoms with Gasteiger partial charge in [-0.2, -0.15) is 5.10 Å². The Morgan fingerprint density at radius 2 is 1.94 bits per heavy atom. The third kappa shape index (κ3) is 2.17. The second-order valence-electron chi connectivity index (χ2n) is 4.68. The summed E-state index contributed by atoms with van der Waals surface area (Å²) in [7, 11) is 1.80. The van der Waals surface area contributed by atoms with Crippen LogP contribution in [0.2, 0.25) is 0 Å². The lowest BCUT2D eigenvalue weighted by Crippen LogP contribution is -2.16. The lowest BCUT2D eigenvalue weighted by molar-refractivity contribution is 0.0792. The fourth-order valence-corrected chi connectivity index (χ4v) is 1.85. The van der Waals surface area contributed by atoms with Crippen LogP contribution in [0.15, 0.2) is 30.3 Å². The van der Waals surface area contributed by atoms with Gasteiger partial charge in [-0.25, -0.2) is 0 Å². The minimum absolute atomic E-state index is 0.602. The molecule has 0 unspecified atom stereocenters. The standard InChI is InChI=1S/C13H17N3O/c1-13(2,17)10-7-5-4-6-9(10)11-8-12(14)16(3)15-11/h4-8,17H,14H2,1-3H3. The molecule has 0 atom stereocenters. The average Bonchev–Trinajstić information content (AvgIpc) is 2.58. The van der Waals surface area contributed by atoms with Gasteiger partial charge in [0.2, 0.25) is 0 Å². The Labute approximate surface area is 101 Å². The summed E-state index contributed by atoms with van der Waals surface area (Å²) in [5.74, 6) is 0.602. The van der Waals surface area contributed by atoms with Crippen LogP contribution >= 0.6 is 0 Å². The number of aliphatic hydroxyl groups is 1. The Kier molecular flexibility index (Phi) is 2.67. The van der Waals surface area contributed by atoms with Gasteiger partial charge < -0.3 is 10.8 Å². The Morgan fingerprint density at radius 3 is 2.47 bits per heavy atom. The van der Waals surface area contributed by atoms with Crippen LogP contribution in [0.1, 0.15) is 19.4 Å². The summed E-state index contributed by atoms with van der Waals surface area (Å²) in [6.45, 7) is 3.52. The highest BCUT2D eigenvalue weighted by Crippen LogP contribution is 2.31. The first-order chi connectivity index (χ1) is 7.89. The molecular weight excluding hydrogens is 214 g/mol. The van der Waals surface area contributed by atoms with Crippen molar-refractivity contribution in [1.82, 2.24) is 9.78 Å². The number of aromatic nitrogens is 2. The molecule has 0 bridgehead atoms. The van der Waals surface area contributed by atoms with Crippen molar-refractivity contribution in [3.05, 3.63) is 35.9 Å². The normalized spacial score (nSPS) is 11.8. The van der Waals surface area contributed by atoms with Gasteiger partial charge in [0.15, 0.2) is 0 Å². The molecule has 90 valence electrons. The maximum absolute atomic E-state index is 10.1. The van der Waals surface area contributed by atoms with Crippen LogP contribution in [0, 0.1) is 0 Å². The first-order valence-electron chi connectivity index (χ1n) is 5.51. The fraction of sp³-hybridized carbons (Fsp3) is 0.308. The molecule has 0 aliphatic rings. The van der Waals surface area contributed by atoms with E-state index in [9.17, 15) is 5.11 Å². The van der Waals surface area contributed by atoms with Gasteiger partial charge >= 0.3 is 0 Å². The molecular formula is C13H17N3O. The van der Waals surface area contributed by atoms with Crippen LogP contribution in [-0.2, 0) is 12.6 Å². The molecule has 3 N–H and O–H groups in total. The number of rotatable bonds is 2. The number of anilines is 1. The van der Waals surface area contributed by atoms with E-state index in [0.717, 1.165) is 16.8 Å². The number of hydrogen-bond donors (Lipinski definition) is 2. The molecule has 0 amide bonds. The maximum Gasteiger partial charge on any atom is 0.121 e. The van der Waals surface area contributed by atoms with E-state index in [1.54, 1.807) is 25.6 Å². The zero-order valence-electron chi connectivity index (χ0n) is 10.3. The van der Waals surface area contributed by atoms with E-state index in [-0.39, 0.29) is 0 Å². The zero-order valence-corrected chi connectivity index (χ0v) is 10.3. The minimum atomic E-state index is -0.900. The molecule has 0 fully saturated rings. The maximum atomic E-state index is 10.1. The van der Waals surface area contributed by atoms with Crippen molar-refractivity contribution in [2.45, 2.75) is 19.4 Å². The fourth-order valence-electron chi connectivity index (χ4n) is 1.85. The molecule has 1 heterocycles. The lowest BCUT2D eigenvalue weighted by Gasteiger charge is -2.20. The van der Waals surface area contributed by atoms with Gasteiger partial charge in [0.1, 0.15) is 5.82 Å². The molecule has 17 heavy (non-hydrogen) atoms. The van der Waals surface area contributed by atoms with E-state index in [2.05, 4.69) is 5.10 Å². The first-order valence-corrected chi connectivity index (χ1v) is 5.51. The van der Waals surface area contributed by atoms with Crippen molar-refractivity contribution < 1.29 is 5.11 Å². The van der Waals surface area contributed by atoms with E-state index in [1.165, 1.54) is 0 Å². The summed E-state index contributed by atoms with van der Waals surface area (Å²) in [4.78, 5) is 0. The number of hydrogen-bond acceptors (Lipinski definition) is 3. The predicted molar refractivity (Wildman–Crippen MR) is 68.3 cm³/mol. The molecule has 4 heteroatoms. The van der Waals surface area contributed by atoms with Gasteiger partial charge in [-0.1, -0.05) is 24.3 Å². The molecule has 0 spiro atoms. The predicted octanol–water partition coefficient (Wildman–Crippen LogP) is 1.90. The van der Waals surface area contributed by atoms with Crippen LogP contribution in [-0.4, -0.2) is 14.9 Å². The van der Waals surface area contributed by atoms with Crippen molar-refractivity contribution in [3.63, 3.8) is 0 Å². The second kappa shape index (κ2) is 3.89. The molecule has 0 aliphatic heterocycles. The molecule has 2 aromatic rings. The summed E-state index contributed by atoms with van der Waals surface area (Å²) in [5.41, 5.74) is 7.41. The topological polar surface area (TPSA) is 64.1 Å². The van der Waals surface area contributed by atoms with E-state index >= 15 is 0 Å². The number of nitrogen functional groups attached to an aromatic ring is 1. The molecule has 0 saturated carbocycles. The quantitative estimate of drug-likeness (QED) is 0.829.